The maximum atomic E-state index is 12.4. The SMILES string of the molecule is O=C(Nc1cccc2ncccc12)C1CN(C(=O)c2cccs2)C1. The van der Waals surface area contributed by atoms with E-state index < -0.39 is 0 Å². The second kappa shape index (κ2) is 6.05. The van der Waals surface area contributed by atoms with Crippen molar-refractivity contribution in [2.75, 3.05) is 18.4 Å². The molecule has 120 valence electrons. The monoisotopic (exact) mass is 337 g/mol. The summed E-state index contributed by atoms with van der Waals surface area (Å²) >= 11 is 1.42. The number of carbonyl (C=O) groups excluding carboxylic acids is 2. The number of likely N-dealkylation sites (tertiary alicyclic amines) is 1. The Bertz CT molecular complexity index is 896. The molecule has 2 amide bonds. The van der Waals surface area contributed by atoms with Crippen molar-refractivity contribution in [1.82, 2.24) is 9.88 Å². The van der Waals surface area contributed by atoms with Crippen LogP contribution in [0, 0.1) is 5.92 Å². The highest BCUT2D eigenvalue weighted by atomic mass is 32.1. The van der Waals surface area contributed by atoms with Crippen LogP contribution in [0.3, 0.4) is 0 Å². The molecule has 0 atom stereocenters. The van der Waals surface area contributed by atoms with E-state index in [1.807, 2.05) is 47.8 Å². The van der Waals surface area contributed by atoms with Crippen LogP contribution < -0.4 is 5.32 Å². The summed E-state index contributed by atoms with van der Waals surface area (Å²) in [6, 6.07) is 13.1. The third-order valence-corrected chi connectivity index (χ3v) is 5.03. The normalized spacial score (nSPS) is 14.4. The van der Waals surface area contributed by atoms with E-state index in [4.69, 9.17) is 0 Å². The number of hydrogen-bond acceptors (Lipinski definition) is 4. The molecule has 3 aromatic rings. The number of benzene rings is 1. The smallest absolute Gasteiger partial charge is 0.263 e. The van der Waals surface area contributed by atoms with Crippen LogP contribution in [-0.4, -0.2) is 34.8 Å². The summed E-state index contributed by atoms with van der Waals surface area (Å²) in [5, 5.41) is 5.76. The Labute approximate surface area is 142 Å². The Morgan fingerprint density at radius 1 is 1.12 bits per heavy atom. The number of amides is 2. The third kappa shape index (κ3) is 2.65. The van der Waals surface area contributed by atoms with E-state index >= 15 is 0 Å². The fourth-order valence-corrected chi connectivity index (χ4v) is 3.50. The van der Waals surface area contributed by atoms with E-state index in [9.17, 15) is 9.59 Å². The van der Waals surface area contributed by atoms with Crippen molar-refractivity contribution in [3.63, 3.8) is 0 Å². The summed E-state index contributed by atoms with van der Waals surface area (Å²) in [4.78, 5) is 31.3. The molecule has 1 aliphatic heterocycles. The molecule has 6 heteroatoms. The summed E-state index contributed by atoms with van der Waals surface area (Å²) < 4.78 is 0. The second-order valence-corrected chi connectivity index (χ2v) is 6.70. The lowest BCUT2D eigenvalue weighted by Crippen LogP contribution is -2.54. The van der Waals surface area contributed by atoms with Gasteiger partial charge in [0.1, 0.15) is 0 Å². The average molecular weight is 337 g/mol. The maximum absolute atomic E-state index is 12.4. The Hall–Kier alpha value is -2.73. The summed E-state index contributed by atoms with van der Waals surface area (Å²) in [7, 11) is 0. The number of anilines is 1. The Morgan fingerprint density at radius 2 is 2.00 bits per heavy atom. The van der Waals surface area contributed by atoms with Gasteiger partial charge in [-0.2, -0.15) is 0 Å². The van der Waals surface area contributed by atoms with Gasteiger partial charge in [0.05, 0.1) is 22.0 Å². The first-order chi connectivity index (χ1) is 11.7. The van der Waals surface area contributed by atoms with Crippen molar-refractivity contribution in [3.8, 4) is 0 Å². The fourth-order valence-electron chi connectivity index (χ4n) is 2.81. The molecule has 1 fully saturated rings. The highest BCUT2D eigenvalue weighted by Gasteiger charge is 2.36. The first-order valence-electron chi connectivity index (χ1n) is 7.70. The quantitative estimate of drug-likeness (QED) is 0.799. The molecular weight excluding hydrogens is 322 g/mol. The van der Waals surface area contributed by atoms with Crippen LogP contribution in [-0.2, 0) is 4.79 Å². The average Bonchev–Trinajstić information content (AvgIpc) is 3.08. The zero-order valence-corrected chi connectivity index (χ0v) is 13.6. The van der Waals surface area contributed by atoms with Crippen molar-refractivity contribution in [3.05, 3.63) is 58.9 Å². The van der Waals surface area contributed by atoms with Gasteiger partial charge in [-0.25, -0.2) is 0 Å². The van der Waals surface area contributed by atoms with E-state index in [0.29, 0.717) is 18.0 Å². The zero-order valence-electron chi connectivity index (χ0n) is 12.8. The number of nitrogens with one attached hydrogen (secondary N) is 1. The van der Waals surface area contributed by atoms with Gasteiger partial charge in [0.15, 0.2) is 0 Å². The summed E-state index contributed by atoms with van der Waals surface area (Å²) in [5.74, 6) is -0.217. The Kier molecular flexibility index (Phi) is 3.74. The minimum atomic E-state index is -0.166. The zero-order chi connectivity index (χ0) is 16.5. The minimum Gasteiger partial charge on any atom is -0.336 e. The Balaban J connectivity index is 1.42. The van der Waals surface area contributed by atoms with Gasteiger partial charge >= 0.3 is 0 Å². The van der Waals surface area contributed by atoms with Gasteiger partial charge in [0.25, 0.3) is 5.91 Å². The molecule has 1 aliphatic rings. The number of hydrogen-bond donors (Lipinski definition) is 1. The first-order valence-corrected chi connectivity index (χ1v) is 8.58. The third-order valence-electron chi connectivity index (χ3n) is 4.18. The fraction of sp³-hybridized carbons (Fsp3) is 0.167. The molecule has 1 N–H and O–H groups in total. The van der Waals surface area contributed by atoms with Gasteiger partial charge in [-0.1, -0.05) is 12.1 Å². The van der Waals surface area contributed by atoms with Gasteiger partial charge in [0.2, 0.25) is 5.91 Å². The van der Waals surface area contributed by atoms with Crippen molar-refractivity contribution >= 4 is 39.7 Å². The molecule has 4 rings (SSSR count). The van der Waals surface area contributed by atoms with E-state index in [1.165, 1.54) is 11.3 Å². The molecule has 0 spiro atoms. The van der Waals surface area contributed by atoms with Crippen LogP contribution in [0.15, 0.2) is 54.0 Å². The molecule has 0 saturated carbocycles. The number of fused-ring (bicyclic) bond motifs is 1. The van der Waals surface area contributed by atoms with Crippen molar-refractivity contribution in [1.29, 1.82) is 0 Å². The van der Waals surface area contributed by atoms with E-state index in [2.05, 4.69) is 10.3 Å². The van der Waals surface area contributed by atoms with Gasteiger partial charge in [0, 0.05) is 24.7 Å². The van der Waals surface area contributed by atoms with Crippen molar-refractivity contribution in [2.24, 2.45) is 5.92 Å². The van der Waals surface area contributed by atoms with E-state index in [0.717, 1.165) is 16.6 Å². The lowest BCUT2D eigenvalue weighted by Gasteiger charge is -2.37. The number of nitrogens with zero attached hydrogens (tertiary/aromatic N) is 2. The lowest BCUT2D eigenvalue weighted by molar-refractivity contribution is -0.123. The number of aromatic nitrogens is 1. The summed E-state index contributed by atoms with van der Waals surface area (Å²) in [5.41, 5.74) is 1.60. The first kappa shape index (κ1) is 14.8. The topological polar surface area (TPSA) is 62.3 Å². The molecular formula is C18H15N3O2S. The summed E-state index contributed by atoms with van der Waals surface area (Å²) in [6.45, 7) is 0.928. The van der Waals surface area contributed by atoms with Crippen molar-refractivity contribution < 1.29 is 9.59 Å². The maximum Gasteiger partial charge on any atom is 0.263 e. The molecule has 2 aromatic heterocycles. The predicted molar refractivity (Wildman–Crippen MR) is 94.1 cm³/mol. The Morgan fingerprint density at radius 3 is 2.79 bits per heavy atom. The van der Waals surface area contributed by atoms with E-state index in [-0.39, 0.29) is 17.7 Å². The number of pyridine rings is 1. The van der Waals surface area contributed by atoms with Crippen LogP contribution in [0.4, 0.5) is 5.69 Å². The molecule has 1 aromatic carbocycles. The lowest BCUT2D eigenvalue weighted by atomic mass is 9.98. The molecule has 1 saturated heterocycles. The van der Waals surface area contributed by atoms with Crippen LogP contribution in [0.25, 0.3) is 10.9 Å². The van der Waals surface area contributed by atoms with E-state index in [1.54, 1.807) is 11.1 Å². The highest BCUT2D eigenvalue weighted by Crippen LogP contribution is 2.25. The van der Waals surface area contributed by atoms with Gasteiger partial charge in [-0.3, -0.25) is 14.6 Å². The standard InChI is InChI=1S/C18H15N3O2S/c22-17(12-10-21(11-12)18(23)16-7-3-9-24-16)20-15-6-1-5-14-13(15)4-2-8-19-14/h1-9,12H,10-11H2,(H,20,22). The van der Waals surface area contributed by atoms with Crippen LogP contribution in [0.5, 0.6) is 0 Å². The number of thiophene rings is 1. The van der Waals surface area contributed by atoms with Gasteiger partial charge in [-0.15, -0.1) is 11.3 Å². The largest absolute Gasteiger partial charge is 0.336 e. The predicted octanol–water partition coefficient (Wildman–Crippen LogP) is 3.01. The van der Waals surface area contributed by atoms with Crippen molar-refractivity contribution in [2.45, 2.75) is 0 Å². The minimum absolute atomic E-state index is 0.00316. The highest BCUT2D eigenvalue weighted by molar-refractivity contribution is 7.12. The van der Waals surface area contributed by atoms with Gasteiger partial charge in [-0.05, 0) is 35.7 Å². The van der Waals surface area contributed by atoms with Crippen LogP contribution >= 0.6 is 11.3 Å². The molecule has 5 nitrogen and oxygen atoms in total. The van der Waals surface area contributed by atoms with Crippen LogP contribution in [0.2, 0.25) is 0 Å². The number of rotatable bonds is 3. The van der Waals surface area contributed by atoms with Crippen LogP contribution in [0.1, 0.15) is 9.67 Å². The molecule has 0 bridgehead atoms. The molecule has 0 radical (unpaired) electrons. The molecule has 0 aliphatic carbocycles. The molecule has 3 heterocycles. The number of carbonyl (C=O) groups is 2. The molecule has 24 heavy (non-hydrogen) atoms. The second-order valence-electron chi connectivity index (χ2n) is 5.75. The summed E-state index contributed by atoms with van der Waals surface area (Å²) in [6.07, 6.45) is 1.73. The van der Waals surface area contributed by atoms with Gasteiger partial charge < -0.3 is 10.2 Å². The molecule has 0 unspecified atom stereocenters.